The van der Waals surface area contributed by atoms with E-state index in [4.69, 9.17) is 4.74 Å². The molecule has 0 spiro atoms. The molecule has 2 aromatic rings. The predicted octanol–water partition coefficient (Wildman–Crippen LogP) is 3.70. The molecule has 0 atom stereocenters. The molecule has 2 aromatic heterocycles. The summed E-state index contributed by atoms with van der Waals surface area (Å²) in [6.45, 7) is 3.46. The van der Waals surface area contributed by atoms with Crippen LogP contribution in [0.15, 0.2) is 28.2 Å². The summed E-state index contributed by atoms with van der Waals surface area (Å²) in [5.41, 5.74) is 0. The standard InChI is InChI=1S/C12H14BrN3OS/c1-2-5-17-11-3-4-14-12(16-11)15-7-10-6-9(13)8-18-10/h3-4,6,8H,2,5,7H2,1H3,(H,14,15,16). The number of anilines is 1. The van der Waals surface area contributed by atoms with E-state index in [0.29, 0.717) is 25.0 Å². The number of aromatic nitrogens is 2. The lowest BCUT2D eigenvalue weighted by Gasteiger charge is -2.06. The molecule has 2 heterocycles. The minimum Gasteiger partial charge on any atom is -0.478 e. The highest BCUT2D eigenvalue weighted by Gasteiger charge is 2.01. The number of ether oxygens (including phenoxy) is 1. The van der Waals surface area contributed by atoms with Gasteiger partial charge in [-0.15, -0.1) is 11.3 Å². The van der Waals surface area contributed by atoms with E-state index < -0.39 is 0 Å². The van der Waals surface area contributed by atoms with Crippen molar-refractivity contribution < 1.29 is 4.74 Å². The van der Waals surface area contributed by atoms with Gasteiger partial charge in [-0.3, -0.25) is 0 Å². The first-order valence-electron chi connectivity index (χ1n) is 5.70. The van der Waals surface area contributed by atoms with Gasteiger partial charge in [0.05, 0.1) is 13.2 Å². The zero-order valence-corrected chi connectivity index (χ0v) is 12.4. The van der Waals surface area contributed by atoms with Gasteiger partial charge in [-0.05, 0) is 28.4 Å². The number of halogens is 1. The molecule has 0 bridgehead atoms. The Hall–Kier alpha value is -1.14. The number of hydrogen-bond acceptors (Lipinski definition) is 5. The van der Waals surface area contributed by atoms with Gasteiger partial charge >= 0.3 is 0 Å². The summed E-state index contributed by atoms with van der Waals surface area (Å²) in [7, 11) is 0. The summed E-state index contributed by atoms with van der Waals surface area (Å²) >= 11 is 5.12. The summed E-state index contributed by atoms with van der Waals surface area (Å²) in [6.07, 6.45) is 2.67. The minimum atomic E-state index is 0.591. The normalized spacial score (nSPS) is 10.3. The van der Waals surface area contributed by atoms with Crippen LogP contribution in [0, 0.1) is 0 Å². The van der Waals surface area contributed by atoms with Crippen molar-refractivity contribution in [2.45, 2.75) is 19.9 Å². The zero-order chi connectivity index (χ0) is 12.8. The van der Waals surface area contributed by atoms with Gasteiger partial charge in [-0.1, -0.05) is 6.92 Å². The van der Waals surface area contributed by atoms with Crippen LogP contribution in [0.4, 0.5) is 5.95 Å². The molecule has 0 radical (unpaired) electrons. The third kappa shape index (κ3) is 3.96. The lowest BCUT2D eigenvalue weighted by molar-refractivity contribution is 0.305. The third-order valence-electron chi connectivity index (χ3n) is 2.13. The predicted molar refractivity (Wildman–Crippen MR) is 77.2 cm³/mol. The molecule has 0 unspecified atom stereocenters. The van der Waals surface area contributed by atoms with E-state index in [1.807, 2.05) is 0 Å². The number of nitrogens with one attached hydrogen (secondary N) is 1. The Bertz CT molecular complexity index is 504. The van der Waals surface area contributed by atoms with Crippen molar-refractivity contribution in [2.75, 3.05) is 11.9 Å². The summed E-state index contributed by atoms with van der Waals surface area (Å²) in [6, 6.07) is 3.84. The minimum absolute atomic E-state index is 0.591. The van der Waals surface area contributed by atoms with Gasteiger partial charge in [0, 0.05) is 27.0 Å². The van der Waals surface area contributed by atoms with Crippen LogP contribution in [0.2, 0.25) is 0 Å². The second-order valence-electron chi connectivity index (χ2n) is 3.65. The Morgan fingerprint density at radius 1 is 1.50 bits per heavy atom. The van der Waals surface area contributed by atoms with Gasteiger partial charge in [-0.2, -0.15) is 4.98 Å². The van der Waals surface area contributed by atoms with E-state index in [1.54, 1.807) is 23.6 Å². The molecule has 0 aromatic carbocycles. The third-order valence-corrected chi connectivity index (χ3v) is 3.82. The zero-order valence-electron chi connectivity index (χ0n) is 10.0. The lowest BCUT2D eigenvalue weighted by atomic mass is 10.5. The average Bonchev–Trinajstić information content (AvgIpc) is 2.80. The molecule has 2 rings (SSSR count). The van der Waals surface area contributed by atoms with Crippen LogP contribution in [0.1, 0.15) is 18.2 Å². The summed E-state index contributed by atoms with van der Waals surface area (Å²) < 4.78 is 6.56. The van der Waals surface area contributed by atoms with Crippen LogP contribution in [0.25, 0.3) is 0 Å². The van der Waals surface area contributed by atoms with Gasteiger partial charge < -0.3 is 10.1 Å². The van der Waals surface area contributed by atoms with Crippen molar-refractivity contribution in [3.05, 3.63) is 33.1 Å². The molecule has 0 saturated carbocycles. The van der Waals surface area contributed by atoms with Crippen LogP contribution in [-0.2, 0) is 6.54 Å². The van der Waals surface area contributed by atoms with Gasteiger partial charge in [0.2, 0.25) is 11.8 Å². The van der Waals surface area contributed by atoms with Crippen molar-refractivity contribution in [1.29, 1.82) is 0 Å². The first kappa shape index (κ1) is 13.3. The molecule has 6 heteroatoms. The fourth-order valence-electron chi connectivity index (χ4n) is 1.33. The fourth-order valence-corrected chi connectivity index (χ4v) is 2.72. The van der Waals surface area contributed by atoms with Gasteiger partial charge in [0.25, 0.3) is 0 Å². The number of nitrogens with zero attached hydrogens (tertiary/aromatic N) is 2. The molecule has 96 valence electrons. The monoisotopic (exact) mass is 327 g/mol. The lowest BCUT2D eigenvalue weighted by Crippen LogP contribution is -2.04. The summed E-state index contributed by atoms with van der Waals surface area (Å²) in [4.78, 5) is 9.67. The van der Waals surface area contributed by atoms with Gasteiger partial charge in [-0.25, -0.2) is 4.98 Å². The van der Waals surface area contributed by atoms with E-state index in [0.717, 1.165) is 10.9 Å². The van der Waals surface area contributed by atoms with E-state index >= 15 is 0 Å². The summed E-state index contributed by atoms with van der Waals surface area (Å²) in [5, 5.41) is 5.23. The Kier molecular flexibility index (Phi) is 4.95. The second kappa shape index (κ2) is 6.70. The molecule has 0 fully saturated rings. The highest BCUT2D eigenvalue weighted by Crippen LogP contribution is 2.20. The smallest absolute Gasteiger partial charge is 0.226 e. The van der Waals surface area contributed by atoms with Crippen LogP contribution in [0.3, 0.4) is 0 Å². The van der Waals surface area contributed by atoms with Crippen molar-refractivity contribution in [2.24, 2.45) is 0 Å². The highest BCUT2D eigenvalue weighted by atomic mass is 79.9. The fraction of sp³-hybridized carbons (Fsp3) is 0.333. The number of thiophene rings is 1. The molecular formula is C12H14BrN3OS. The van der Waals surface area contributed by atoms with E-state index in [-0.39, 0.29) is 0 Å². The highest BCUT2D eigenvalue weighted by molar-refractivity contribution is 9.10. The first-order chi connectivity index (χ1) is 8.78. The Morgan fingerprint density at radius 3 is 3.11 bits per heavy atom. The molecule has 0 aliphatic rings. The molecular weight excluding hydrogens is 314 g/mol. The molecule has 0 aliphatic carbocycles. The first-order valence-corrected chi connectivity index (χ1v) is 7.38. The topological polar surface area (TPSA) is 47.0 Å². The maximum Gasteiger partial charge on any atom is 0.226 e. The Balaban J connectivity index is 1.92. The maximum atomic E-state index is 5.46. The van der Waals surface area contributed by atoms with Crippen molar-refractivity contribution in [3.63, 3.8) is 0 Å². The van der Waals surface area contributed by atoms with Crippen LogP contribution in [-0.4, -0.2) is 16.6 Å². The molecule has 1 N–H and O–H groups in total. The van der Waals surface area contributed by atoms with Crippen molar-refractivity contribution in [1.82, 2.24) is 9.97 Å². The van der Waals surface area contributed by atoms with Gasteiger partial charge in [0.15, 0.2) is 0 Å². The quantitative estimate of drug-likeness (QED) is 0.878. The second-order valence-corrected chi connectivity index (χ2v) is 5.56. The molecule has 18 heavy (non-hydrogen) atoms. The van der Waals surface area contributed by atoms with Crippen molar-refractivity contribution >= 4 is 33.2 Å². The van der Waals surface area contributed by atoms with Crippen LogP contribution >= 0.6 is 27.3 Å². The molecule has 0 amide bonds. The average molecular weight is 328 g/mol. The number of hydrogen-bond donors (Lipinski definition) is 1. The molecule has 0 saturated heterocycles. The SMILES string of the molecule is CCCOc1ccnc(NCc2cc(Br)cs2)n1. The molecule has 4 nitrogen and oxygen atoms in total. The Morgan fingerprint density at radius 2 is 2.39 bits per heavy atom. The summed E-state index contributed by atoms with van der Waals surface area (Å²) in [5.74, 6) is 1.20. The number of rotatable bonds is 6. The van der Waals surface area contributed by atoms with Crippen LogP contribution < -0.4 is 10.1 Å². The van der Waals surface area contributed by atoms with Crippen molar-refractivity contribution in [3.8, 4) is 5.88 Å². The van der Waals surface area contributed by atoms with Gasteiger partial charge in [0.1, 0.15) is 0 Å². The largest absolute Gasteiger partial charge is 0.478 e. The van der Waals surface area contributed by atoms with E-state index in [9.17, 15) is 0 Å². The van der Waals surface area contributed by atoms with E-state index in [2.05, 4.69) is 49.6 Å². The Labute approximate surface area is 119 Å². The maximum absolute atomic E-state index is 5.46. The van der Waals surface area contributed by atoms with E-state index in [1.165, 1.54) is 4.88 Å². The van der Waals surface area contributed by atoms with Crippen LogP contribution in [0.5, 0.6) is 5.88 Å². The molecule has 0 aliphatic heterocycles.